The lowest BCUT2D eigenvalue weighted by atomic mass is 10.0. The van der Waals surface area contributed by atoms with Gasteiger partial charge in [-0.1, -0.05) is 0 Å². The summed E-state index contributed by atoms with van der Waals surface area (Å²) in [6.45, 7) is 3.05. The van der Waals surface area contributed by atoms with Crippen LogP contribution >= 0.6 is 0 Å². The predicted octanol–water partition coefficient (Wildman–Crippen LogP) is 0.870. The fourth-order valence-corrected chi connectivity index (χ4v) is 1.92. The van der Waals surface area contributed by atoms with Gasteiger partial charge in [0.15, 0.2) is 0 Å². The highest BCUT2D eigenvalue weighted by Gasteiger charge is 2.31. The summed E-state index contributed by atoms with van der Waals surface area (Å²) in [4.78, 5) is 44.0. The van der Waals surface area contributed by atoms with Crippen molar-refractivity contribution in [3.8, 4) is 0 Å². The minimum absolute atomic E-state index is 0.0564. The third-order valence-corrected chi connectivity index (χ3v) is 3.28. The van der Waals surface area contributed by atoms with Gasteiger partial charge >= 0.3 is 0 Å². The lowest BCUT2D eigenvalue weighted by Crippen LogP contribution is -2.56. The normalized spacial score (nSPS) is 10.8. The number of carbonyl (C=O) groups is 3. The first-order valence-corrected chi connectivity index (χ1v) is 7.34. The maximum atomic E-state index is 12.3. The van der Waals surface area contributed by atoms with E-state index >= 15 is 0 Å². The van der Waals surface area contributed by atoms with Crippen LogP contribution in [0.4, 0.5) is 0 Å². The monoisotopic (exact) mass is 326 g/mol. The van der Waals surface area contributed by atoms with Gasteiger partial charge in [-0.2, -0.15) is 0 Å². The fourth-order valence-electron chi connectivity index (χ4n) is 1.92. The molecule has 2 N–H and O–H groups in total. The van der Waals surface area contributed by atoms with Gasteiger partial charge in [0, 0.05) is 24.8 Å². The summed E-state index contributed by atoms with van der Waals surface area (Å²) in [5.41, 5.74) is -0.171. The van der Waals surface area contributed by atoms with E-state index in [-0.39, 0.29) is 6.42 Å². The summed E-state index contributed by atoms with van der Waals surface area (Å²) < 4.78 is 0. The summed E-state index contributed by atoms with van der Waals surface area (Å²) in [5, 5.41) is 4.89. The van der Waals surface area contributed by atoms with Crippen LogP contribution in [-0.2, 0) is 16.0 Å². The third-order valence-electron chi connectivity index (χ3n) is 3.28. The molecule has 3 amide bonds. The molecule has 0 aromatic carbocycles. The second-order valence-electron chi connectivity index (χ2n) is 5.73. The molecule has 0 aliphatic carbocycles. The molecule has 0 aliphatic heterocycles. The highest BCUT2D eigenvalue weighted by Crippen LogP contribution is 2.06. The van der Waals surface area contributed by atoms with Crippen LogP contribution in [0.5, 0.6) is 0 Å². The van der Waals surface area contributed by atoms with Crippen molar-refractivity contribution in [3.05, 3.63) is 60.2 Å². The number of pyridine rings is 2. The van der Waals surface area contributed by atoms with Crippen molar-refractivity contribution in [2.24, 2.45) is 0 Å². The van der Waals surface area contributed by atoms with Gasteiger partial charge in [0.1, 0.15) is 5.54 Å². The van der Waals surface area contributed by atoms with E-state index in [0.717, 1.165) is 5.56 Å². The number of aromatic nitrogens is 2. The maximum absolute atomic E-state index is 12.3. The number of nitrogens with one attached hydrogen (secondary N) is 2. The second-order valence-corrected chi connectivity index (χ2v) is 5.73. The number of amides is 3. The summed E-state index contributed by atoms with van der Waals surface area (Å²) in [6, 6.07) is 6.60. The first-order valence-electron chi connectivity index (χ1n) is 7.34. The molecule has 124 valence electrons. The Labute approximate surface area is 139 Å². The van der Waals surface area contributed by atoms with E-state index < -0.39 is 23.3 Å². The van der Waals surface area contributed by atoms with Gasteiger partial charge in [0.25, 0.3) is 11.8 Å². The molecule has 0 aliphatic rings. The Morgan fingerprint density at radius 1 is 1.04 bits per heavy atom. The predicted molar refractivity (Wildman–Crippen MR) is 86.9 cm³/mol. The molecule has 0 saturated heterocycles. The Balaban J connectivity index is 1.94. The molecule has 0 spiro atoms. The van der Waals surface area contributed by atoms with Crippen molar-refractivity contribution in [2.75, 3.05) is 0 Å². The molecule has 2 rings (SSSR count). The molecule has 0 bridgehead atoms. The van der Waals surface area contributed by atoms with Crippen LogP contribution in [0.15, 0.2) is 49.1 Å². The number of carbonyl (C=O) groups excluding carboxylic acids is 3. The molecule has 0 fully saturated rings. The number of nitrogens with zero attached hydrogens (tertiary/aromatic N) is 2. The SMILES string of the molecule is CC(C)(NC(=O)c1cccnc1)C(=O)NC(=O)Cc1ccncc1. The van der Waals surface area contributed by atoms with Crippen LogP contribution in [0.3, 0.4) is 0 Å². The van der Waals surface area contributed by atoms with Crippen LogP contribution in [-0.4, -0.2) is 33.2 Å². The van der Waals surface area contributed by atoms with Crippen LogP contribution in [0.2, 0.25) is 0 Å². The Hall–Kier alpha value is -3.09. The van der Waals surface area contributed by atoms with Crippen molar-refractivity contribution < 1.29 is 14.4 Å². The highest BCUT2D eigenvalue weighted by molar-refractivity contribution is 6.03. The lowest BCUT2D eigenvalue weighted by Gasteiger charge is -2.24. The van der Waals surface area contributed by atoms with Crippen molar-refractivity contribution in [2.45, 2.75) is 25.8 Å². The number of imide groups is 1. The van der Waals surface area contributed by atoms with Gasteiger partial charge in [0.05, 0.1) is 12.0 Å². The molecule has 2 heterocycles. The molecule has 2 aromatic rings. The van der Waals surface area contributed by atoms with Crippen LogP contribution in [0.1, 0.15) is 29.8 Å². The second kappa shape index (κ2) is 7.45. The van der Waals surface area contributed by atoms with Crippen LogP contribution in [0.25, 0.3) is 0 Å². The van der Waals surface area contributed by atoms with Gasteiger partial charge in [-0.05, 0) is 43.7 Å². The zero-order valence-electron chi connectivity index (χ0n) is 13.4. The molecule has 0 atom stereocenters. The van der Waals surface area contributed by atoms with E-state index in [1.165, 1.54) is 20.0 Å². The minimum atomic E-state index is -1.25. The van der Waals surface area contributed by atoms with Gasteiger partial charge in [-0.3, -0.25) is 29.7 Å². The molecular weight excluding hydrogens is 308 g/mol. The Morgan fingerprint density at radius 2 is 1.75 bits per heavy atom. The van der Waals surface area contributed by atoms with Crippen molar-refractivity contribution in [1.82, 2.24) is 20.6 Å². The van der Waals surface area contributed by atoms with E-state index in [4.69, 9.17) is 0 Å². The van der Waals surface area contributed by atoms with Gasteiger partial charge in [-0.25, -0.2) is 0 Å². The zero-order valence-corrected chi connectivity index (χ0v) is 13.4. The van der Waals surface area contributed by atoms with Gasteiger partial charge in [0.2, 0.25) is 5.91 Å². The summed E-state index contributed by atoms with van der Waals surface area (Å²) >= 11 is 0. The highest BCUT2D eigenvalue weighted by atomic mass is 16.2. The zero-order chi connectivity index (χ0) is 17.6. The molecule has 0 unspecified atom stereocenters. The molecule has 7 nitrogen and oxygen atoms in total. The van der Waals surface area contributed by atoms with Gasteiger partial charge in [-0.15, -0.1) is 0 Å². The van der Waals surface area contributed by atoms with E-state index in [1.807, 2.05) is 0 Å². The number of hydrogen-bond donors (Lipinski definition) is 2. The van der Waals surface area contributed by atoms with E-state index in [1.54, 1.807) is 42.9 Å². The summed E-state index contributed by atoms with van der Waals surface area (Å²) in [7, 11) is 0. The topological polar surface area (TPSA) is 101 Å². The Bertz CT molecular complexity index is 730. The number of hydrogen-bond acceptors (Lipinski definition) is 5. The molecular formula is C17H18N4O3. The van der Waals surface area contributed by atoms with E-state index in [9.17, 15) is 14.4 Å². The van der Waals surface area contributed by atoms with Crippen LogP contribution in [0, 0.1) is 0 Å². The summed E-state index contributed by atoms with van der Waals surface area (Å²) in [6.07, 6.45) is 6.15. The summed E-state index contributed by atoms with van der Waals surface area (Å²) in [5.74, 6) is -1.47. The fraction of sp³-hybridized carbons (Fsp3) is 0.235. The average Bonchev–Trinajstić information content (AvgIpc) is 2.56. The third kappa shape index (κ3) is 4.70. The molecule has 0 radical (unpaired) electrons. The maximum Gasteiger partial charge on any atom is 0.253 e. The quantitative estimate of drug-likeness (QED) is 0.849. The smallest absolute Gasteiger partial charge is 0.253 e. The molecule has 0 saturated carbocycles. The molecule has 2 aromatic heterocycles. The first-order chi connectivity index (χ1) is 11.4. The standard InChI is InChI=1S/C17H18N4O3/c1-17(2,21-15(23)13-4-3-7-19-11-13)16(24)20-14(22)10-12-5-8-18-9-6-12/h3-9,11H,10H2,1-2H3,(H,21,23)(H,20,22,24). The van der Waals surface area contributed by atoms with E-state index in [0.29, 0.717) is 5.56 Å². The van der Waals surface area contributed by atoms with Gasteiger partial charge < -0.3 is 5.32 Å². The Kier molecular flexibility index (Phi) is 5.36. The lowest BCUT2D eigenvalue weighted by molar-refractivity contribution is -0.133. The Morgan fingerprint density at radius 3 is 2.38 bits per heavy atom. The van der Waals surface area contributed by atoms with Crippen molar-refractivity contribution >= 4 is 17.7 Å². The van der Waals surface area contributed by atoms with E-state index in [2.05, 4.69) is 20.6 Å². The largest absolute Gasteiger partial charge is 0.338 e. The molecule has 7 heteroatoms. The van der Waals surface area contributed by atoms with Crippen molar-refractivity contribution in [1.29, 1.82) is 0 Å². The van der Waals surface area contributed by atoms with Crippen LogP contribution < -0.4 is 10.6 Å². The van der Waals surface area contributed by atoms with Crippen molar-refractivity contribution in [3.63, 3.8) is 0 Å². The average molecular weight is 326 g/mol. The molecule has 24 heavy (non-hydrogen) atoms. The first kappa shape index (κ1) is 17.3. The minimum Gasteiger partial charge on any atom is -0.338 e. The number of rotatable bonds is 5.